The van der Waals surface area contributed by atoms with Crippen LogP contribution in [0.5, 0.6) is 0 Å². The summed E-state index contributed by atoms with van der Waals surface area (Å²) in [5, 5.41) is 7.38. The summed E-state index contributed by atoms with van der Waals surface area (Å²) in [5.74, 6) is 0.195. The van der Waals surface area contributed by atoms with Crippen molar-refractivity contribution in [2.75, 3.05) is 6.54 Å². The molecule has 0 spiro atoms. The van der Waals surface area contributed by atoms with E-state index in [-0.39, 0.29) is 17.2 Å². The number of amidine groups is 1. The largest absolute Gasteiger partial charge is 0.384 e. The Kier molecular flexibility index (Phi) is 4.20. The number of halogens is 1. The van der Waals surface area contributed by atoms with Gasteiger partial charge in [-0.15, -0.1) is 0 Å². The number of piperidine rings is 1. The van der Waals surface area contributed by atoms with Gasteiger partial charge in [-0.25, -0.2) is 4.39 Å². The lowest BCUT2D eigenvalue weighted by molar-refractivity contribution is 0.121. The molecule has 1 aliphatic rings. The number of rotatable bonds is 3. The van der Waals surface area contributed by atoms with Gasteiger partial charge in [0, 0.05) is 18.2 Å². The van der Waals surface area contributed by atoms with E-state index in [1.807, 2.05) is 0 Å². The van der Waals surface area contributed by atoms with Crippen LogP contribution in [0.25, 0.3) is 0 Å². The average molecular weight is 263 g/mol. The summed E-state index contributed by atoms with van der Waals surface area (Å²) in [4.78, 5) is 2.31. The lowest BCUT2D eigenvalue weighted by Gasteiger charge is -2.36. The highest BCUT2D eigenvalue weighted by Crippen LogP contribution is 2.25. The predicted molar refractivity (Wildman–Crippen MR) is 75.7 cm³/mol. The molecule has 104 valence electrons. The standard InChI is InChI=1S/C15H22FN3/c1-10-6-7-19(11(2)8-10)9-12-4-3-5-13(14(12)16)15(17)18/h3-5,10-11H,6-9H2,1-2H3,(H3,17,18). The zero-order valence-electron chi connectivity index (χ0n) is 11.6. The molecule has 0 amide bonds. The minimum absolute atomic E-state index is 0.204. The Bertz CT molecular complexity index is 472. The van der Waals surface area contributed by atoms with Crippen molar-refractivity contribution in [1.29, 1.82) is 5.41 Å². The van der Waals surface area contributed by atoms with Crippen LogP contribution in [0.3, 0.4) is 0 Å². The van der Waals surface area contributed by atoms with Crippen LogP contribution in [0.15, 0.2) is 18.2 Å². The Morgan fingerprint density at radius 2 is 2.21 bits per heavy atom. The fourth-order valence-corrected chi connectivity index (χ4v) is 2.82. The van der Waals surface area contributed by atoms with Gasteiger partial charge >= 0.3 is 0 Å². The van der Waals surface area contributed by atoms with Crippen molar-refractivity contribution in [3.63, 3.8) is 0 Å². The Labute approximate surface area is 114 Å². The molecule has 0 aliphatic carbocycles. The van der Waals surface area contributed by atoms with Crippen LogP contribution < -0.4 is 5.73 Å². The van der Waals surface area contributed by atoms with Gasteiger partial charge in [-0.2, -0.15) is 0 Å². The number of nitrogen functional groups attached to an aromatic ring is 1. The Hall–Kier alpha value is -1.42. The highest BCUT2D eigenvalue weighted by molar-refractivity contribution is 5.95. The van der Waals surface area contributed by atoms with Crippen molar-refractivity contribution in [3.8, 4) is 0 Å². The highest BCUT2D eigenvalue weighted by atomic mass is 19.1. The topological polar surface area (TPSA) is 53.1 Å². The normalized spacial score (nSPS) is 24.4. The smallest absolute Gasteiger partial charge is 0.138 e. The van der Waals surface area contributed by atoms with Crippen molar-refractivity contribution in [2.45, 2.75) is 39.3 Å². The molecule has 1 heterocycles. The maximum absolute atomic E-state index is 14.2. The van der Waals surface area contributed by atoms with Crippen molar-refractivity contribution < 1.29 is 4.39 Å². The second-order valence-electron chi connectivity index (χ2n) is 5.64. The summed E-state index contributed by atoms with van der Waals surface area (Å²) in [6, 6.07) is 5.59. The van der Waals surface area contributed by atoms with Gasteiger partial charge < -0.3 is 5.73 Å². The molecule has 0 aromatic heterocycles. The van der Waals surface area contributed by atoms with Crippen LogP contribution in [-0.2, 0) is 6.54 Å². The second kappa shape index (κ2) is 5.70. The van der Waals surface area contributed by atoms with E-state index < -0.39 is 0 Å². The number of nitrogens with zero attached hydrogens (tertiary/aromatic N) is 1. The second-order valence-corrected chi connectivity index (χ2v) is 5.64. The van der Waals surface area contributed by atoms with Crippen molar-refractivity contribution in [2.24, 2.45) is 11.7 Å². The molecule has 2 unspecified atom stereocenters. The van der Waals surface area contributed by atoms with Crippen molar-refractivity contribution in [1.82, 2.24) is 4.90 Å². The van der Waals surface area contributed by atoms with Crippen LogP contribution in [0, 0.1) is 17.1 Å². The van der Waals surface area contributed by atoms with E-state index >= 15 is 0 Å². The van der Waals surface area contributed by atoms with E-state index in [0.29, 0.717) is 18.2 Å². The third-order valence-electron chi connectivity index (χ3n) is 4.02. The zero-order valence-corrected chi connectivity index (χ0v) is 11.6. The van der Waals surface area contributed by atoms with Crippen LogP contribution in [-0.4, -0.2) is 23.3 Å². The third-order valence-corrected chi connectivity index (χ3v) is 4.02. The maximum Gasteiger partial charge on any atom is 0.138 e. The molecule has 3 N–H and O–H groups in total. The first-order chi connectivity index (χ1) is 8.99. The first-order valence-corrected chi connectivity index (χ1v) is 6.85. The van der Waals surface area contributed by atoms with Gasteiger partial charge in [0.15, 0.2) is 0 Å². The Balaban J connectivity index is 2.15. The summed E-state index contributed by atoms with van der Waals surface area (Å²) in [5.41, 5.74) is 6.23. The number of benzene rings is 1. The number of nitrogens with one attached hydrogen (secondary N) is 1. The first kappa shape index (κ1) is 14.0. The Morgan fingerprint density at radius 3 is 2.84 bits per heavy atom. The molecule has 2 atom stereocenters. The Morgan fingerprint density at radius 1 is 1.47 bits per heavy atom. The van der Waals surface area contributed by atoms with Crippen LogP contribution in [0.2, 0.25) is 0 Å². The lowest BCUT2D eigenvalue weighted by Crippen LogP contribution is -2.39. The fraction of sp³-hybridized carbons (Fsp3) is 0.533. The quantitative estimate of drug-likeness (QED) is 0.651. The van der Waals surface area contributed by atoms with Crippen molar-refractivity contribution >= 4 is 5.84 Å². The average Bonchev–Trinajstić information content (AvgIpc) is 2.34. The van der Waals surface area contributed by atoms with E-state index in [0.717, 1.165) is 18.9 Å². The molecule has 3 nitrogen and oxygen atoms in total. The molecular weight excluding hydrogens is 241 g/mol. The van der Waals surface area contributed by atoms with Gasteiger partial charge in [0.25, 0.3) is 0 Å². The molecule has 1 fully saturated rings. The molecule has 2 rings (SSSR count). The van der Waals surface area contributed by atoms with Gasteiger partial charge in [-0.1, -0.05) is 19.1 Å². The summed E-state index contributed by atoms with van der Waals surface area (Å²) in [6.45, 7) is 6.07. The maximum atomic E-state index is 14.2. The molecule has 0 radical (unpaired) electrons. The van der Waals surface area contributed by atoms with E-state index in [2.05, 4.69) is 18.7 Å². The van der Waals surface area contributed by atoms with E-state index in [1.165, 1.54) is 6.42 Å². The number of nitrogens with two attached hydrogens (primary N) is 1. The molecule has 1 aromatic rings. The van der Waals surface area contributed by atoms with E-state index in [1.54, 1.807) is 18.2 Å². The summed E-state index contributed by atoms with van der Waals surface area (Å²) in [6.07, 6.45) is 2.33. The summed E-state index contributed by atoms with van der Waals surface area (Å²) < 4.78 is 14.2. The van der Waals surface area contributed by atoms with Gasteiger partial charge in [0.2, 0.25) is 0 Å². The zero-order chi connectivity index (χ0) is 14.0. The van der Waals surface area contributed by atoms with Gasteiger partial charge in [-0.05, 0) is 38.3 Å². The van der Waals surface area contributed by atoms with Gasteiger partial charge in [0.05, 0.1) is 5.56 Å². The molecule has 19 heavy (non-hydrogen) atoms. The first-order valence-electron chi connectivity index (χ1n) is 6.85. The highest BCUT2D eigenvalue weighted by Gasteiger charge is 2.24. The fourth-order valence-electron chi connectivity index (χ4n) is 2.82. The molecule has 1 aromatic carbocycles. The van der Waals surface area contributed by atoms with Crippen LogP contribution in [0.1, 0.15) is 37.8 Å². The molecule has 0 bridgehead atoms. The number of hydrogen-bond donors (Lipinski definition) is 2. The van der Waals surface area contributed by atoms with Crippen molar-refractivity contribution in [3.05, 3.63) is 35.1 Å². The van der Waals surface area contributed by atoms with Gasteiger partial charge in [0.1, 0.15) is 11.7 Å². The van der Waals surface area contributed by atoms with E-state index in [4.69, 9.17) is 11.1 Å². The predicted octanol–water partition coefficient (Wildman–Crippen LogP) is 2.73. The number of hydrogen-bond acceptors (Lipinski definition) is 2. The molecule has 0 saturated carbocycles. The lowest BCUT2D eigenvalue weighted by atomic mass is 9.93. The molecular formula is C15H22FN3. The van der Waals surface area contributed by atoms with Crippen LogP contribution in [0.4, 0.5) is 4.39 Å². The summed E-state index contributed by atoms with van der Waals surface area (Å²) >= 11 is 0. The monoisotopic (exact) mass is 263 g/mol. The van der Waals surface area contributed by atoms with Gasteiger partial charge in [-0.3, -0.25) is 10.3 Å². The third kappa shape index (κ3) is 3.13. The minimum Gasteiger partial charge on any atom is -0.384 e. The molecule has 1 aliphatic heterocycles. The SMILES string of the molecule is CC1CCN(Cc2cccc(C(=N)N)c2F)C(C)C1. The number of likely N-dealkylation sites (tertiary alicyclic amines) is 1. The summed E-state index contributed by atoms with van der Waals surface area (Å²) in [7, 11) is 0. The molecule has 1 saturated heterocycles. The van der Waals surface area contributed by atoms with E-state index in [9.17, 15) is 4.39 Å². The molecule has 4 heteroatoms. The minimum atomic E-state index is -0.346. The van der Waals surface area contributed by atoms with Crippen LogP contribution >= 0.6 is 0 Å².